The third-order valence-electron chi connectivity index (χ3n) is 5.60. The molecule has 28 heavy (non-hydrogen) atoms. The van der Waals surface area contributed by atoms with Crippen molar-refractivity contribution >= 4 is 17.2 Å². The summed E-state index contributed by atoms with van der Waals surface area (Å²) in [5, 5.41) is 11.4. The number of anilines is 1. The largest absolute Gasteiger partial charge is 0.325 e. The molecule has 4 rings (SSSR count). The maximum atomic E-state index is 13.7. The summed E-state index contributed by atoms with van der Waals surface area (Å²) < 4.78 is 15.7. The van der Waals surface area contributed by atoms with E-state index in [-0.39, 0.29) is 17.8 Å². The molecule has 1 aliphatic heterocycles. The van der Waals surface area contributed by atoms with E-state index in [0.717, 1.165) is 37.4 Å². The monoisotopic (exact) mass is 381 g/mol. The smallest absolute Gasteiger partial charge is 0.241 e. The number of nitrogens with zero attached hydrogens (tertiary/aromatic N) is 4. The molecule has 0 unspecified atom stereocenters. The topological polar surface area (TPSA) is 62.5 Å². The predicted molar refractivity (Wildman–Crippen MR) is 106 cm³/mol. The molecule has 0 saturated carbocycles. The van der Waals surface area contributed by atoms with Gasteiger partial charge in [0.05, 0.1) is 6.04 Å². The Morgan fingerprint density at radius 2 is 2.00 bits per heavy atom. The van der Waals surface area contributed by atoms with Gasteiger partial charge in [-0.1, -0.05) is 12.1 Å². The van der Waals surface area contributed by atoms with Crippen LogP contribution in [0.1, 0.15) is 37.1 Å². The fourth-order valence-electron chi connectivity index (χ4n) is 3.77. The minimum Gasteiger partial charge on any atom is -0.325 e. The number of amides is 1. The molecule has 0 aliphatic carbocycles. The normalized spacial score (nSPS) is 17.0. The van der Waals surface area contributed by atoms with Crippen LogP contribution in [0.4, 0.5) is 10.1 Å². The number of hydrogen-bond donors (Lipinski definition) is 1. The number of hydrogen-bond acceptors (Lipinski definition) is 4. The van der Waals surface area contributed by atoms with Crippen molar-refractivity contribution in [3.05, 3.63) is 59.8 Å². The van der Waals surface area contributed by atoms with E-state index in [1.807, 2.05) is 35.7 Å². The number of pyridine rings is 1. The molecule has 0 bridgehead atoms. The number of likely N-dealkylation sites (tertiary alicyclic amines) is 1. The number of aromatic nitrogens is 3. The minimum atomic E-state index is -0.313. The molecule has 1 atom stereocenters. The summed E-state index contributed by atoms with van der Waals surface area (Å²) in [7, 11) is 0. The second kappa shape index (κ2) is 7.67. The maximum Gasteiger partial charge on any atom is 0.241 e. The van der Waals surface area contributed by atoms with E-state index < -0.39 is 0 Å². The first-order valence-corrected chi connectivity index (χ1v) is 9.63. The number of aryl methyl sites for hydroxylation is 1. The number of carbonyl (C=O) groups excluding carboxylic acids is 1. The van der Waals surface area contributed by atoms with Gasteiger partial charge in [0.25, 0.3) is 0 Å². The molecule has 1 saturated heterocycles. The second-order valence-corrected chi connectivity index (χ2v) is 7.43. The van der Waals surface area contributed by atoms with E-state index in [9.17, 15) is 9.18 Å². The molecule has 3 aromatic rings. The number of rotatable bonds is 4. The average molecular weight is 381 g/mol. The number of nitrogens with one attached hydrogen (secondary N) is 1. The van der Waals surface area contributed by atoms with Crippen LogP contribution in [-0.2, 0) is 4.79 Å². The number of fused-ring (bicyclic) bond motifs is 1. The Balaban J connectivity index is 1.37. The number of halogens is 1. The molecule has 2 aromatic heterocycles. The summed E-state index contributed by atoms with van der Waals surface area (Å²) in [5.74, 6) is 0.888. The van der Waals surface area contributed by atoms with Crippen LogP contribution in [0, 0.1) is 12.7 Å². The quantitative estimate of drug-likeness (QED) is 0.753. The van der Waals surface area contributed by atoms with Crippen LogP contribution >= 0.6 is 0 Å². The van der Waals surface area contributed by atoms with Gasteiger partial charge >= 0.3 is 0 Å². The Hall–Kier alpha value is -2.80. The third-order valence-corrected chi connectivity index (χ3v) is 5.60. The number of piperidine rings is 1. The van der Waals surface area contributed by atoms with Crippen LogP contribution in [0.2, 0.25) is 0 Å². The van der Waals surface area contributed by atoms with Crippen LogP contribution in [-0.4, -0.2) is 44.5 Å². The summed E-state index contributed by atoms with van der Waals surface area (Å²) >= 11 is 0. The zero-order valence-corrected chi connectivity index (χ0v) is 16.1. The summed E-state index contributed by atoms with van der Waals surface area (Å²) in [4.78, 5) is 14.8. The molecule has 0 spiro atoms. The zero-order chi connectivity index (χ0) is 19.7. The zero-order valence-electron chi connectivity index (χ0n) is 16.1. The highest BCUT2D eigenvalue weighted by Crippen LogP contribution is 2.28. The first-order chi connectivity index (χ1) is 13.5. The van der Waals surface area contributed by atoms with E-state index >= 15 is 0 Å². The van der Waals surface area contributed by atoms with E-state index in [2.05, 4.69) is 20.4 Å². The standard InChI is InChI=1S/C21H24FN5O/c1-14-6-7-17(13-18(14)22)23-21(28)15(2)26-11-8-16(9-12-26)20-25-24-19-5-3-4-10-27(19)20/h3-7,10,13,15-16H,8-9,11-12H2,1-2H3,(H,23,28)/t15-/m0/s1. The van der Waals surface area contributed by atoms with Crippen molar-refractivity contribution in [3.8, 4) is 0 Å². The van der Waals surface area contributed by atoms with Crippen molar-refractivity contribution < 1.29 is 9.18 Å². The molecule has 6 nitrogen and oxygen atoms in total. The Bertz CT molecular complexity index is 993. The van der Waals surface area contributed by atoms with E-state index in [0.29, 0.717) is 17.2 Å². The summed E-state index contributed by atoms with van der Waals surface area (Å²) in [6.07, 6.45) is 3.84. The van der Waals surface area contributed by atoms with Gasteiger partial charge in [-0.15, -0.1) is 10.2 Å². The van der Waals surface area contributed by atoms with Crippen molar-refractivity contribution in [1.82, 2.24) is 19.5 Å². The lowest BCUT2D eigenvalue weighted by molar-refractivity contribution is -0.121. The molecule has 3 heterocycles. The minimum absolute atomic E-state index is 0.116. The van der Waals surface area contributed by atoms with E-state index in [4.69, 9.17) is 0 Å². The Labute approximate surface area is 163 Å². The van der Waals surface area contributed by atoms with Gasteiger partial charge in [0.2, 0.25) is 5.91 Å². The predicted octanol–water partition coefficient (Wildman–Crippen LogP) is 3.38. The van der Waals surface area contributed by atoms with Gasteiger partial charge in [0.15, 0.2) is 5.65 Å². The van der Waals surface area contributed by atoms with Crippen molar-refractivity contribution in [1.29, 1.82) is 0 Å². The first-order valence-electron chi connectivity index (χ1n) is 9.63. The van der Waals surface area contributed by atoms with E-state index in [1.165, 1.54) is 6.07 Å². The summed E-state index contributed by atoms with van der Waals surface area (Å²) in [6.45, 7) is 5.21. The Morgan fingerprint density at radius 3 is 2.75 bits per heavy atom. The van der Waals surface area contributed by atoms with Gasteiger partial charge in [-0.3, -0.25) is 14.1 Å². The van der Waals surface area contributed by atoms with Gasteiger partial charge in [-0.25, -0.2) is 4.39 Å². The lowest BCUT2D eigenvalue weighted by atomic mass is 9.95. The second-order valence-electron chi connectivity index (χ2n) is 7.43. The van der Waals surface area contributed by atoms with Crippen molar-refractivity contribution in [2.24, 2.45) is 0 Å². The highest BCUT2D eigenvalue weighted by molar-refractivity contribution is 5.94. The fourth-order valence-corrected chi connectivity index (χ4v) is 3.77. The molecular formula is C21H24FN5O. The van der Waals surface area contributed by atoms with E-state index in [1.54, 1.807) is 19.1 Å². The SMILES string of the molecule is Cc1ccc(NC(=O)[C@H](C)N2CCC(c3nnc4ccccn34)CC2)cc1F. The highest BCUT2D eigenvalue weighted by atomic mass is 19.1. The van der Waals surface area contributed by atoms with Crippen LogP contribution in [0.5, 0.6) is 0 Å². The molecular weight excluding hydrogens is 357 g/mol. The van der Waals surface area contributed by atoms with Crippen LogP contribution in [0.3, 0.4) is 0 Å². The highest BCUT2D eigenvalue weighted by Gasteiger charge is 2.29. The summed E-state index contributed by atoms with van der Waals surface area (Å²) in [5.41, 5.74) is 1.91. The number of benzene rings is 1. The van der Waals surface area contributed by atoms with Gasteiger partial charge in [-0.2, -0.15) is 0 Å². The molecule has 1 amide bonds. The van der Waals surface area contributed by atoms with Crippen molar-refractivity contribution in [3.63, 3.8) is 0 Å². The lowest BCUT2D eigenvalue weighted by Gasteiger charge is -2.34. The van der Waals surface area contributed by atoms with Crippen LogP contribution in [0.25, 0.3) is 5.65 Å². The fraction of sp³-hybridized carbons (Fsp3) is 0.381. The molecule has 1 aromatic carbocycles. The molecule has 1 N–H and O–H groups in total. The van der Waals surface area contributed by atoms with Gasteiger partial charge in [0.1, 0.15) is 11.6 Å². The van der Waals surface area contributed by atoms with Gasteiger partial charge in [-0.05, 0) is 69.6 Å². The van der Waals surface area contributed by atoms with Crippen LogP contribution < -0.4 is 5.32 Å². The molecule has 146 valence electrons. The summed E-state index contributed by atoms with van der Waals surface area (Å²) in [6, 6.07) is 10.4. The Morgan fingerprint density at radius 1 is 1.21 bits per heavy atom. The van der Waals surface area contributed by atoms with Crippen molar-refractivity contribution in [2.45, 2.75) is 38.6 Å². The third kappa shape index (κ3) is 3.62. The maximum absolute atomic E-state index is 13.7. The lowest BCUT2D eigenvalue weighted by Crippen LogP contribution is -2.45. The number of carbonyl (C=O) groups is 1. The molecule has 7 heteroatoms. The van der Waals surface area contributed by atoms with Crippen LogP contribution in [0.15, 0.2) is 42.6 Å². The molecule has 1 aliphatic rings. The molecule has 1 fully saturated rings. The Kier molecular flexibility index (Phi) is 5.09. The van der Waals surface area contributed by atoms with Gasteiger partial charge in [0, 0.05) is 17.8 Å². The van der Waals surface area contributed by atoms with Gasteiger partial charge < -0.3 is 5.32 Å². The average Bonchev–Trinajstić information content (AvgIpc) is 3.14. The van der Waals surface area contributed by atoms with Crippen molar-refractivity contribution in [2.75, 3.05) is 18.4 Å². The molecule has 0 radical (unpaired) electrons. The first kappa shape index (κ1) is 18.6.